The predicted molar refractivity (Wildman–Crippen MR) is 128 cm³/mol. The number of aliphatic hydroxyl groups is 1. The van der Waals surface area contributed by atoms with Crippen LogP contribution in [-0.4, -0.2) is 31.7 Å². The first-order valence-corrected chi connectivity index (χ1v) is 11.2. The van der Waals surface area contributed by atoms with Gasteiger partial charge in [0.1, 0.15) is 11.5 Å². The number of hydrogen-bond donors (Lipinski definition) is 2. The maximum atomic E-state index is 13.3. The average Bonchev–Trinajstić information content (AvgIpc) is 3.34. The number of nitrogens with one attached hydrogen (secondary N) is 1. The molecule has 0 aliphatic carbocycles. The van der Waals surface area contributed by atoms with Crippen molar-refractivity contribution in [2.24, 2.45) is 0 Å². The van der Waals surface area contributed by atoms with Crippen molar-refractivity contribution in [3.05, 3.63) is 82.6 Å². The van der Waals surface area contributed by atoms with E-state index in [9.17, 15) is 9.90 Å². The van der Waals surface area contributed by atoms with Crippen LogP contribution in [0.1, 0.15) is 5.69 Å². The molecule has 2 N–H and O–H groups in total. The van der Waals surface area contributed by atoms with E-state index in [4.69, 9.17) is 28.6 Å². The third-order valence-electron chi connectivity index (χ3n) is 4.83. The van der Waals surface area contributed by atoms with E-state index in [-0.39, 0.29) is 15.8 Å². The highest BCUT2D eigenvalue weighted by atomic mass is 35.5. The topological polar surface area (TPSA) is 79.1 Å². The molecule has 32 heavy (non-hydrogen) atoms. The van der Waals surface area contributed by atoms with E-state index in [0.29, 0.717) is 27.8 Å². The van der Waals surface area contributed by atoms with Crippen LogP contribution in [0.15, 0.2) is 71.7 Å². The number of ether oxygens (including phenoxy) is 1. The Morgan fingerprint density at radius 1 is 1.16 bits per heavy atom. The number of thiazole rings is 1. The Morgan fingerprint density at radius 2 is 1.88 bits per heavy atom. The molecular weight excluding hydrogens is 468 g/mol. The van der Waals surface area contributed by atoms with E-state index in [0.717, 1.165) is 0 Å². The van der Waals surface area contributed by atoms with Crippen LogP contribution in [-0.2, 0) is 4.79 Å². The smallest absolute Gasteiger partial charge is 0.265 e. The maximum absolute atomic E-state index is 13.3. The number of hydrogen-bond acceptors (Lipinski definition) is 6. The fraction of sp³-hybridized carbons (Fsp3) is 0.0455. The number of para-hydroxylation sites is 1. The van der Waals surface area contributed by atoms with Crippen molar-refractivity contribution in [3.8, 4) is 11.5 Å². The van der Waals surface area contributed by atoms with E-state index in [1.807, 2.05) is 35.7 Å². The zero-order valence-corrected chi connectivity index (χ0v) is 18.7. The molecule has 160 valence electrons. The minimum atomic E-state index is -1.27. The van der Waals surface area contributed by atoms with E-state index in [1.165, 1.54) is 22.3 Å². The van der Waals surface area contributed by atoms with Crippen LogP contribution in [0.3, 0.4) is 0 Å². The molecule has 1 aliphatic heterocycles. The number of aromatic nitrogens is 2. The SMILES string of the molecule is O=C1/C(=C/c2c(Cl)nc3sccn23)C(O)NC(=S)N1c1ccc(Oc2ccccc2)cc1. The van der Waals surface area contributed by atoms with Crippen molar-refractivity contribution < 1.29 is 14.6 Å². The molecule has 0 spiro atoms. The molecule has 10 heteroatoms. The van der Waals surface area contributed by atoms with Gasteiger partial charge in [-0.1, -0.05) is 29.8 Å². The van der Waals surface area contributed by atoms with Crippen molar-refractivity contribution in [1.82, 2.24) is 14.7 Å². The molecule has 0 bridgehead atoms. The lowest BCUT2D eigenvalue weighted by Gasteiger charge is -2.33. The van der Waals surface area contributed by atoms with E-state index >= 15 is 0 Å². The van der Waals surface area contributed by atoms with E-state index < -0.39 is 12.1 Å². The van der Waals surface area contributed by atoms with Gasteiger partial charge in [0.2, 0.25) is 0 Å². The van der Waals surface area contributed by atoms with Gasteiger partial charge in [0, 0.05) is 11.6 Å². The normalized spacial score (nSPS) is 17.8. The molecule has 2 aromatic heterocycles. The maximum Gasteiger partial charge on any atom is 0.265 e. The van der Waals surface area contributed by atoms with Crippen LogP contribution in [0.4, 0.5) is 5.69 Å². The number of carbonyl (C=O) groups is 1. The fourth-order valence-electron chi connectivity index (χ4n) is 3.31. The molecule has 1 amide bonds. The molecule has 7 nitrogen and oxygen atoms in total. The molecule has 1 fully saturated rings. The first kappa shape index (κ1) is 20.7. The summed E-state index contributed by atoms with van der Waals surface area (Å²) >= 11 is 13.0. The Kier molecular flexibility index (Phi) is 5.40. The molecule has 1 atom stereocenters. The molecule has 1 saturated heterocycles. The minimum absolute atomic E-state index is 0.0939. The van der Waals surface area contributed by atoms with Gasteiger partial charge in [0.05, 0.1) is 17.0 Å². The van der Waals surface area contributed by atoms with Crippen LogP contribution in [0, 0.1) is 0 Å². The number of amides is 1. The number of benzene rings is 2. The number of nitrogens with zero attached hydrogens (tertiary/aromatic N) is 3. The standard InChI is InChI=1S/C22H15ClN4O3S2/c23-18-17(26-10-11-32-22(26)24-18)12-16-19(28)25-21(31)27(20(16)29)13-6-8-15(9-7-13)30-14-4-2-1-3-5-14/h1-12,19,28H,(H,25,31)/b16-12+. The van der Waals surface area contributed by atoms with Gasteiger partial charge in [-0.25, -0.2) is 4.98 Å². The van der Waals surface area contributed by atoms with Gasteiger partial charge >= 0.3 is 0 Å². The summed E-state index contributed by atoms with van der Waals surface area (Å²) in [5, 5.41) is 15.4. The molecule has 2 aromatic carbocycles. The molecule has 4 aromatic rings. The first-order valence-electron chi connectivity index (χ1n) is 9.50. The van der Waals surface area contributed by atoms with Crippen LogP contribution >= 0.6 is 35.2 Å². The highest BCUT2D eigenvalue weighted by Crippen LogP contribution is 2.29. The van der Waals surface area contributed by atoms with Crippen LogP contribution in [0.2, 0.25) is 5.15 Å². The van der Waals surface area contributed by atoms with Crippen molar-refractivity contribution in [2.45, 2.75) is 6.23 Å². The monoisotopic (exact) mass is 482 g/mol. The largest absolute Gasteiger partial charge is 0.457 e. The summed E-state index contributed by atoms with van der Waals surface area (Å²) in [5.74, 6) is 0.862. The Hall–Kier alpha value is -3.24. The van der Waals surface area contributed by atoms with Crippen molar-refractivity contribution in [2.75, 3.05) is 4.90 Å². The third-order valence-corrected chi connectivity index (χ3v) is 6.16. The van der Waals surface area contributed by atoms with Gasteiger partial charge in [-0.15, -0.1) is 11.3 Å². The number of anilines is 1. The Labute approximate surface area is 197 Å². The Balaban J connectivity index is 1.45. The van der Waals surface area contributed by atoms with E-state index in [2.05, 4.69) is 10.3 Å². The number of rotatable bonds is 4. The van der Waals surface area contributed by atoms with Crippen molar-refractivity contribution in [1.29, 1.82) is 0 Å². The van der Waals surface area contributed by atoms with E-state index in [1.54, 1.807) is 34.9 Å². The summed E-state index contributed by atoms with van der Waals surface area (Å²) in [7, 11) is 0. The summed E-state index contributed by atoms with van der Waals surface area (Å²) in [6.45, 7) is 0. The second-order valence-electron chi connectivity index (χ2n) is 6.84. The fourth-order valence-corrected chi connectivity index (χ4v) is 4.61. The van der Waals surface area contributed by atoms with Gasteiger partial charge in [-0.3, -0.25) is 14.1 Å². The molecule has 3 heterocycles. The van der Waals surface area contributed by atoms with Gasteiger partial charge in [-0.2, -0.15) is 0 Å². The second kappa shape index (κ2) is 8.36. The van der Waals surface area contributed by atoms with Crippen LogP contribution in [0.5, 0.6) is 11.5 Å². The molecule has 1 unspecified atom stereocenters. The summed E-state index contributed by atoms with van der Waals surface area (Å²) in [6.07, 6.45) is 2.05. The molecule has 0 saturated carbocycles. The van der Waals surface area contributed by atoms with Gasteiger partial charge in [0.15, 0.2) is 21.5 Å². The van der Waals surface area contributed by atoms with Crippen LogP contribution < -0.4 is 15.0 Å². The van der Waals surface area contributed by atoms with Crippen molar-refractivity contribution in [3.63, 3.8) is 0 Å². The average molecular weight is 483 g/mol. The molecular formula is C22H15ClN4O3S2. The lowest BCUT2D eigenvalue weighted by atomic mass is 10.1. The number of halogens is 1. The quantitative estimate of drug-likeness (QED) is 0.330. The van der Waals surface area contributed by atoms with Gasteiger partial charge in [-0.05, 0) is 54.7 Å². The number of imidazole rings is 1. The minimum Gasteiger partial charge on any atom is -0.457 e. The first-order chi connectivity index (χ1) is 15.5. The van der Waals surface area contributed by atoms with Gasteiger partial charge in [0.25, 0.3) is 5.91 Å². The third kappa shape index (κ3) is 3.76. The number of carbonyl (C=O) groups excluding carboxylic acids is 1. The zero-order chi connectivity index (χ0) is 22.2. The lowest BCUT2D eigenvalue weighted by molar-refractivity contribution is -0.115. The number of thiocarbonyl (C=S) groups is 1. The number of fused-ring (bicyclic) bond motifs is 1. The molecule has 0 radical (unpaired) electrons. The Morgan fingerprint density at radius 3 is 2.62 bits per heavy atom. The zero-order valence-electron chi connectivity index (χ0n) is 16.3. The van der Waals surface area contributed by atoms with Gasteiger partial charge < -0.3 is 15.2 Å². The summed E-state index contributed by atoms with van der Waals surface area (Å²) in [5.41, 5.74) is 1.13. The second-order valence-corrected chi connectivity index (χ2v) is 8.46. The summed E-state index contributed by atoms with van der Waals surface area (Å²) in [6, 6.07) is 16.3. The van der Waals surface area contributed by atoms with Crippen LogP contribution in [0.25, 0.3) is 11.0 Å². The summed E-state index contributed by atoms with van der Waals surface area (Å²) < 4.78 is 7.56. The molecule has 5 rings (SSSR count). The number of aliphatic hydroxyl groups excluding tert-OH is 1. The highest BCUT2D eigenvalue weighted by molar-refractivity contribution is 7.80. The Bertz CT molecular complexity index is 1350. The highest BCUT2D eigenvalue weighted by Gasteiger charge is 2.35. The lowest BCUT2D eigenvalue weighted by Crippen LogP contribution is -2.56. The summed E-state index contributed by atoms with van der Waals surface area (Å²) in [4.78, 5) is 19.6. The predicted octanol–water partition coefficient (Wildman–Crippen LogP) is 4.46. The van der Waals surface area contributed by atoms with Crippen molar-refractivity contribution >= 4 is 62.9 Å². The molecule has 1 aliphatic rings.